The second kappa shape index (κ2) is 14.7. The van der Waals surface area contributed by atoms with Crippen molar-refractivity contribution in [2.45, 2.75) is 88.4 Å². The fourth-order valence-corrected chi connectivity index (χ4v) is 5.89. The summed E-state index contributed by atoms with van der Waals surface area (Å²) >= 11 is 1.26. The van der Waals surface area contributed by atoms with Crippen LogP contribution >= 0.6 is 11.3 Å². The van der Waals surface area contributed by atoms with Crippen LogP contribution in [0.5, 0.6) is 0 Å². The summed E-state index contributed by atoms with van der Waals surface area (Å²) in [6.07, 6.45) is 12.3. The second-order valence-corrected chi connectivity index (χ2v) is 11.2. The molecule has 0 spiro atoms. The number of unbranched alkanes of at least 4 members (excludes halogenated alkanes) is 9. The van der Waals surface area contributed by atoms with E-state index < -0.39 is 10.0 Å². The lowest BCUT2D eigenvalue weighted by atomic mass is 10.1. The highest BCUT2D eigenvalue weighted by Gasteiger charge is 2.16. The van der Waals surface area contributed by atoms with Gasteiger partial charge in [-0.1, -0.05) is 82.9 Å². The maximum absolute atomic E-state index is 13.6. The van der Waals surface area contributed by atoms with E-state index in [2.05, 4.69) is 17.0 Å². The van der Waals surface area contributed by atoms with Crippen LogP contribution in [0, 0.1) is 5.82 Å². The van der Waals surface area contributed by atoms with E-state index in [0.717, 1.165) is 17.7 Å². The number of sulfonamides is 1. The molecule has 0 unspecified atom stereocenters. The first kappa shape index (κ1) is 26.0. The maximum Gasteiger partial charge on any atom is 0.250 e. The van der Waals surface area contributed by atoms with Crippen molar-refractivity contribution in [1.29, 1.82) is 0 Å². The first-order chi connectivity index (χ1) is 15.0. The van der Waals surface area contributed by atoms with Crippen molar-refractivity contribution in [2.24, 2.45) is 0 Å². The van der Waals surface area contributed by atoms with Crippen molar-refractivity contribution >= 4 is 21.4 Å². The van der Waals surface area contributed by atoms with Crippen molar-refractivity contribution in [2.75, 3.05) is 6.54 Å². The van der Waals surface area contributed by atoms with Gasteiger partial charge in [-0.3, -0.25) is 0 Å². The fraction of sp³-hybridized carbons (Fsp3) is 0.583. The molecule has 0 aliphatic heterocycles. The van der Waals surface area contributed by atoms with Gasteiger partial charge in [-0.2, -0.15) is 0 Å². The molecule has 4 nitrogen and oxygen atoms in total. The maximum atomic E-state index is 13.6. The van der Waals surface area contributed by atoms with E-state index in [1.165, 1.54) is 68.8 Å². The Morgan fingerprint density at radius 3 is 2.16 bits per heavy atom. The minimum atomic E-state index is -3.45. The lowest BCUT2D eigenvalue weighted by Gasteiger charge is -2.06. The Morgan fingerprint density at radius 2 is 1.48 bits per heavy atom. The molecule has 0 fully saturated rings. The molecule has 2 N–H and O–H groups in total. The largest absolute Gasteiger partial charge is 0.308 e. The summed E-state index contributed by atoms with van der Waals surface area (Å²) < 4.78 is 41.6. The minimum absolute atomic E-state index is 0.236. The van der Waals surface area contributed by atoms with Crippen molar-refractivity contribution < 1.29 is 12.8 Å². The quantitative estimate of drug-likeness (QED) is 0.265. The summed E-state index contributed by atoms with van der Waals surface area (Å²) in [5, 5.41) is 3.17. The molecule has 31 heavy (non-hydrogen) atoms. The van der Waals surface area contributed by atoms with Gasteiger partial charge in [-0.25, -0.2) is 17.5 Å². The van der Waals surface area contributed by atoms with E-state index in [0.29, 0.717) is 29.4 Å². The van der Waals surface area contributed by atoms with Crippen LogP contribution in [0.2, 0.25) is 0 Å². The molecule has 174 valence electrons. The summed E-state index contributed by atoms with van der Waals surface area (Å²) in [5.41, 5.74) is 0.602. The van der Waals surface area contributed by atoms with Gasteiger partial charge in [0.25, 0.3) is 0 Å². The van der Waals surface area contributed by atoms with Crippen LogP contribution in [0.3, 0.4) is 0 Å². The van der Waals surface area contributed by atoms with Gasteiger partial charge in [0.05, 0.1) is 0 Å². The van der Waals surface area contributed by atoms with Gasteiger partial charge in [-0.15, -0.1) is 11.3 Å². The van der Waals surface area contributed by atoms with E-state index in [9.17, 15) is 12.8 Å². The van der Waals surface area contributed by atoms with Gasteiger partial charge in [0.15, 0.2) is 0 Å². The number of nitrogens with one attached hydrogen (secondary N) is 2. The third kappa shape index (κ3) is 10.3. The minimum Gasteiger partial charge on any atom is -0.308 e. The first-order valence-corrected chi connectivity index (χ1v) is 13.9. The Kier molecular flexibility index (Phi) is 12.3. The molecule has 0 atom stereocenters. The standard InChI is InChI=1S/C24H37FN2O2S2/c1-2-3-4-5-6-7-8-9-10-13-18-27-31(28,29)24-17-16-22(30-24)20-26-19-21-14-11-12-15-23(21)25/h11-12,14-17,26-27H,2-10,13,18-20H2,1H3. The van der Waals surface area contributed by atoms with Gasteiger partial charge in [0.2, 0.25) is 10.0 Å². The van der Waals surface area contributed by atoms with Crippen molar-refractivity contribution in [3.63, 3.8) is 0 Å². The van der Waals surface area contributed by atoms with Gasteiger partial charge < -0.3 is 5.32 Å². The topological polar surface area (TPSA) is 58.2 Å². The van der Waals surface area contributed by atoms with Crippen molar-refractivity contribution in [3.05, 3.63) is 52.7 Å². The average molecular weight is 469 g/mol. The number of halogens is 1. The molecular formula is C24H37FN2O2S2. The lowest BCUT2D eigenvalue weighted by Crippen LogP contribution is -2.23. The van der Waals surface area contributed by atoms with E-state index in [1.807, 2.05) is 6.07 Å². The monoisotopic (exact) mass is 468 g/mol. The average Bonchev–Trinajstić information content (AvgIpc) is 3.23. The molecular weight excluding hydrogens is 431 g/mol. The highest BCUT2D eigenvalue weighted by Crippen LogP contribution is 2.21. The predicted molar refractivity (Wildman–Crippen MR) is 128 cm³/mol. The molecule has 0 aliphatic carbocycles. The molecule has 0 saturated carbocycles. The number of hydrogen-bond donors (Lipinski definition) is 2. The van der Waals surface area contributed by atoms with E-state index in [1.54, 1.807) is 24.3 Å². The van der Waals surface area contributed by atoms with Crippen LogP contribution in [-0.2, 0) is 23.1 Å². The van der Waals surface area contributed by atoms with Crippen molar-refractivity contribution in [3.8, 4) is 0 Å². The Bertz CT molecular complexity index is 853. The summed E-state index contributed by atoms with van der Waals surface area (Å²) in [4.78, 5) is 0.913. The Hall–Kier alpha value is -1.28. The van der Waals surface area contributed by atoms with Gasteiger partial charge >= 0.3 is 0 Å². The predicted octanol–water partition coefficient (Wildman–Crippen LogP) is 6.38. The smallest absolute Gasteiger partial charge is 0.250 e. The van der Waals surface area contributed by atoms with Crippen LogP contribution in [0.25, 0.3) is 0 Å². The van der Waals surface area contributed by atoms with E-state index in [4.69, 9.17) is 0 Å². The SMILES string of the molecule is CCCCCCCCCCCCNS(=O)(=O)c1ccc(CNCc2ccccc2F)s1. The zero-order chi connectivity index (χ0) is 22.4. The molecule has 2 aromatic rings. The molecule has 0 bridgehead atoms. The van der Waals surface area contributed by atoms with E-state index >= 15 is 0 Å². The zero-order valence-electron chi connectivity index (χ0n) is 18.7. The van der Waals surface area contributed by atoms with Crippen LogP contribution < -0.4 is 10.0 Å². The molecule has 0 amide bonds. The van der Waals surface area contributed by atoms with E-state index in [-0.39, 0.29) is 5.82 Å². The lowest BCUT2D eigenvalue weighted by molar-refractivity contribution is 0.549. The molecule has 1 aromatic carbocycles. The van der Waals surface area contributed by atoms with Crippen molar-refractivity contribution in [1.82, 2.24) is 10.0 Å². The third-order valence-electron chi connectivity index (χ3n) is 5.30. The highest BCUT2D eigenvalue weighted by molar-refractivity contribution is 7.91. The molecule has 2 rings (SSSR count). The van der Waals surface area contributed by atoms with Crippen LogP contribution in [0.15, 0.2) is 40.6 Å². The third-order valence-corrected chi connectivity index (χ3v) is 8.33. The molecule has 1 heterocycles. The summed E-state index contributed by atoms with van der Waals surface area (Å²) in [7, 11) is -3.45. The molecule has 0 saturated heterocycles. The Labute approximate surface area is 191 Å². The Morgan fingerprint density at radius 1 is 0.839 bits per heavy atom. The Balaban J connectivity index is 1.60. The number of benzene rings is 1. The van der Waals surface area contributed by atoms with Gasteiger partial charge in [0, 0.05) is 30.1 Å². The second-order valence-electron chi connectivity index (χ2n) is 8.00. The molecule has 0 radical (unpaired) electrons. The fourth-order valence-electron chi connectivity index (χ4n) is 3.45. The molecule has 1 aromatic heterocycles. The molecule has 0 aliphatic rings. The number of rotatable bonds is 17. The zero-order valence-corrected chi connectivity index (χ0v) is 20.3. The van der Waals surface area contributed by atoms with Crippen LogP contribution in [0.4, 0.5) is 4.39 Å². The summed E-state index contributed by atoms with van der Waals surface area (Å²) in [6, 6.07) is 10.1. The van der Waals surface area contributed by atoms with Crippen LogP contribution in [-0.4, -0.2) is 15.0 Å². The summed E-state index contributed by atoms with van der Waals surface area (Å²) in [5.74, 6) is -0.236. The van der Waals surface area contributed by atoms with Gasteiger partial charge in [-0.05, 0) is 24.6 Å². The first-order valence-electron chi connectivity index (χ1n) is 11.6. The normalized spacial score (nSPS) is 11.8. The highest BCUT2D eigenvalue weighted by atomic mass is 32.2. The molecule has 7 heteroatoms. The summed E-state index contributed by atoms with van der Waals surface area (Å²) in [6.45, 7) is 3.63. The van der Waals surface area contributed by atoms with Crippen LogP contribution in [0.1, 0.15) is 81.6 Å². The number of thiophene rings is 1. The number of hydrogen-bond acceptors (Lipinski definition) is 4. The van der Waals surface area contributed by atoms with Gasteiger partial charge in [0.1, 0.15) is 10.0 Å².